The van der Waals surface area contributed by atoms with Crippen molar-refractivity contribution in [3.05, 3.63) is 151 Å². The summed E-state index contributed by atoms with van der Waals surface area (Å²) in [6, 6.07) is 34.9. The summed E-state index contributed by atoms with van der Waals surface area (Å²) in [5.74, 6) is 1.50. The minimum atomic E-state index is -1.03. The molecule has 0 unspecified atom stereocenters. The Morgan fingerprint density at radius 3 is 2.10 bits per heavy atom. The third kappa shape index (κ3) is 5.55. The summed E-state index contributed by atoms with van der Waals surface area (Å²) in [6.07, 6.45) is 4.13. The Labute approximate surface area is 288 Å². The Hall–Kier alpha value is -5.62. The van der Waals surface area contributed by atoms with Crippen molar-refractivity contribution >= 4 is 22.9 Å². The van der Waals surface area contributed by atoms with Crippen LogP contribution in [0.15, 0.2) is 122 Å². The Morgan fingerprint density at radius 1 is 0.840 bits per heavy atom. The predicted molar refractivity (Wildman–Crippen MR) is 185 cm³/mol. The van der Waals surface area contributed by atoms with Crippen LogP contribution in [0.3, 0.4) is 0 Å². The number of nitrogens with one attached hydrogen (secondary N) is 1. The third-order valence-corrected chi connectivity index (χ3v) is 9.23. The lowest BCUT2D eigenvalue weighted by molar-refractivity contribution is -0.197. The average molecular weight is 669 g/mol. The van der Waals surface area contributed by atoms with Gasteiger partial charge in [-0.2, -0.15) is 0 Å². The van der Waals surface area contributed by atoms with E-state index in [9.17, 15) is 4.79 Å². The number of anilines is 1. The maximum atomic E-state index is 12.9. The lowest BCUT2D eigenvalue weighted by atomic mass is 9.79. The molecule has 0 spiro atoms. The minimum Gasteiger partial charge on any atom is -0.497 e. The molecule has 11 heteroatoms. The van der Waals surface area contributed by atoms with Crippen LogP contribution in [0.4, 0.5) is 5.82 Å². The summed E-state index contributed by atoms with van der Waals surface area (Å²) >= 11 is 0. The van der Waals surface area contributed by atoms with E-state index >= 15 is 0 Å². The van der Waals surface area contributed by atoms with Crippen molar-refractivity contribution in [1.29, 1.82) is 0 Å². The molecule has 6 aromatic rings. The number of carbonyl (C=O) groups excluding carboxylic acids is 1. The van der Waals surface area contributed by atoms with Crippen LogP contribution in [0.5, 0.6) is 11.5 Å². The van der Waals surface area contributed by atoms with Gasteiger partial charge in [-0.15, -0.1) is 0 Å². The molecule has 3 atom stereocenters. The topological polar surface area (TPSA) is 119 Å². The van der Waals surface area contributed by atoms with Gasteiger partial charge in [0.1, 0.15) is 35.1 Å². The molecule has 1 amide bonds. The number of hydrogen-bond acceptors (Lipinski definition) is 9. The Kier molecular flexibility index (Phi) is 8.23. The largest absolute Gasteiger partial charge is 0.497 e. The highest BCUT2D eigenvalue weighted by Gasteiger charge is 2.56. The first-order valence-electron chi connectivity index (χ1n) is 16.2. The molecule has 2 bridgehead atoms. The number of methoxy groups -OCH3 is 2. The number of hydrogen-bond donors (Lipinski definition) is 1. The average Bonchev–Trinajstić information content (AvgIpc) is 3.91. The van der Waals surface area contributed by atoms with Crippen LogP contribution < -0.4 is 14.8 Å². The third-order valence-electron chi connectivity index (χ3n) is 9.23. The molecule has 8 rings (SSSR count). The molecule has 1 radical (unpaired) electrons. The van der Waals surface area contributed by atoms with Crippen molar-refractivity contribution in [3.63, 3.8) is 0 Å². The van der Waals surface area contributed by atoms with Gasteiger partial charge in [-0.1, -0.05) is 72.8 Å². The molecule has 0 saturated carbocycles. The first kappa shape index (κ1) is 31.6. The number of fused-ring (bicyclic) bond motifs is 3. The molecule has 1 N–H and O–H groups in total. The van der Waals surface area contributed by atoms with Crippen molar-refractivity contribution in [2.75, 3.05) is 32.8 Å². The fourth-order valence-corrected chi connectivity index (χ4v) is 6.72. The number of rotatable bonds is 11. The van der Waals surface area contributed by atoms with Crippen LogP contribution in [0.1, 0.15) is 33.3 Å². The van der Waals surface area contributed by atoms with Gasteiger partial charge in [-0.05, 0) is 53.1 Å². The zero-order valence-corrected chi connectivity index (χ0v) is 27.4. The van der Waals surface area contributed by atoms with Crippen LogP contribution in [0.2, 0.25) is 0 Å². The highest BCUT2D eigenvalue weighted by molar-refractivity contribution is 6.06. The zero-order chi connectivity index (χ0) is 34.1. The molecule has 2 aromatic heterocycles. The lowest BCUT2D eigenvalue weighted by Gasteiger charge is -2.39. The van der Waals surface area contributed by atoms with E-state index in [1.165, 1.54) is 6.33 Å². The quantitative estimate of drug-likeness (QED) is 0.167. The van der Waals surface area contributed by atoms with Crippen molar-refractivity contribution in [2.24, 2.45) is 0 Å². The number of nitrogens with zero attached hydrogens (tertiary/aromatic N) is 4. The van der Waals surface area contributed by atoms with E-state index in [-0.39, 0.29) is 18.6 Å². The minimum absolute atomic E-state index is 0.174. The summed E-state index contributed by atoms with van der Waals surface area (Å²) < 4.78 is 33.1. The highest BCUT2D eigenvalue weighted by Crippen LogP contribution is 2.48. The monoisotopic (exact) mass is 668 g/mol. The van der Waals surface area contributed by atoms with Gasteiger partial charge in [0.25, 0.3) is 5.91 Å². The molecule has 4 aromatic carbocycles. The first-order valence-corrected chi connectivity index (χ1v) is 16.2. The lowest BCUT2D eigenvalue weighted by Crippen LogP contribution is -2.44. The fourth-order valence-electron chi connectivity index (χ4n) is 6.72. The van der Waals surface area contributed by atoms with E-state index in [4.69, 9.17) is 23.7 Å². The van der Waals surface area contributed by atoms with Gasteiger partial charge in [0, 0.05) is 12.0 Å². The van der Waals surface area contributed by atoms with Crippen molar-refractivity contribution in [3.8, 4) is 11.5 Å². The highest BCUT2D eigenvalue weighted by atomic mass is 16.6. The summed E-state index contributed by atoms with van der Waals surface area (Å²) in [5.41, 5.74) is 2.33. The Balaban J connectivity index is 1.11. The van der Waals surface area contributed by atoms with Gasteiger partial charge in [0.2, 0.25) is 0 Å². The molecule has 50 heavy (non-hydrogen) atoms. The second-order valence-electron chi connectivity index (χ2n) is 12.2. The Bertz CT molecular complexity index is 2060. The van der Waals surface area contributed by atoms with Crippen LogP contribution >= 0.6 is 0 Å². The second kappa shape index (κ2) is 13.0. The maximum Gasteiger partial charge on any atom is 0.256 e. The molecule has 2 aliphatic heterocycles. The molecule has 2 saturated heterocycles. The maximum absolute atomic E-state index is 12.9. The number of imidazole rings is 1. The first-order chi connectivity index (χ1) is 24.5. The van der Waals surface area contributed by atoms with Gasteiger partial charge < -0.3 is 29.0 Å². The second-order valence-corrected chi connectivity index (χ2v) is 12.2. The number of amides is 1. The van der Waals surface area contributed by atoms with Gasteiger partial charge in [-0.25, -0.2) is 15.0 Å². The molecule has 2 fully saturated rings. The van der Waals surface area contributed by atoms with E-state index in [0.29, 0.717) is 29.2 Å². The number of carbonyl (C=O) groups is 1. The molecule has 2 aliphatic rings. The van der Waals surface area contributed by atoms with E-state index < -0.39 is 17.4 Å². The number of aromatic nitrogens is 4. The van der Waals surface area contributed by atoms with E-state index in [0.717, 1.165) is 28.2 Å². The predicted octanol–water partition coefficient (Wildman–Crippen LogP) is 5.98. The van der Waals surface area contributed by atoms with Gasteiger partial charge in [0.05, 0.1) is 33.8 Å². The van der Waals surface area contributed by atoms with Crippen molar-refractivity contribution in [1.82, 2.24) is 19.5 Å². The van der Waals surface area contributed by atoms with Crippen LogP contribution in [0, 0.1) is 6.42 Å². The van der Waals surface area contributed by atoms with E-state index in [2.05, 4.69) is 38.8 Å². The van der Waals surface area contributed by atoms with Crippen LogP contribution in [0.25, 0.3) is 11.2 Å². The van der Waals surface area contributed by atoms with Gasteiger partial charge in [0.15, 0.2) is 23.2 Å². The summed E-state index contributed by atoms with van der Waals surface area (Å²) in [7, 11) is 3.30. The van der Waals surface area contributed by atoms with E-state index in [1.54, 1.807) is 44.8 Å². The molecule has 4 heterocycles. The molecular weight excluding hydrogens is 634 g/mol. The standard InChI is InChI=1S/C39H34N5O6/c1-46-30-17-13-28(14-18-30)39(27-11-7-4-8-12-27,29-15-19-31(47-2)20-16-29)49-23-38-21-32(48-22-38)37(50-38)44-25-42-33-34(40-24-41-35(33)44)43-36(45)26-9-5-3-6-10-26/h3-21,24-25,32,37H,22-23H2,1-2H3,(H,40,41,43,45)/t32-,37-,38-/m1/s1. The van der Waals surface area contributed by atoms with Crippen molar-refractivity contribution < 1.29 is 28.5 Å². The van der Waals surface area contributed by atoms with Crippen molar-refractivity contribution in [2.45, 2.75) is 23.5 Å². The Morgan fingerprint density at radius 2 is 1.46 bits per heavy atom. The van der Waals surface area contributed by atoms with E-state index in [1.807, 2.05) is 77.4 Å². The normalized spacial score (nSPS) is 19.8. The van der Waals surface area contributed by atoms with Crippen LogP contribution in [-0.2, 0) is 19.8 Å². The molecule has 251 valence electrons. The van der Waals surface area contributed by atoms with Crippen LogP contribution in [-0.4, -0.2) is 64.6 Å². The zero-order valence-electron chi connectivity index (χ0n) is 27.4. The number of ether oxygens (including phenoxy) is 5. The molecule has 0 aliphatic carbocycles. The number of benzene rings is 4. The summed E-state index contributed by atoms with van der Waals surface area (Å²) in [5, 5.41) is 2.86. The SMILES string of the molecule is COc1ccc(C(OC[C@@]23[CH][C@@H](OC2)[C@H](n2cnc4c(NC(=O)c5ccccc5)ncnc42)O3)(c2ccccc2)c2ccc(OC)cc2)cc1. The summed E-state index contributed by atoms with van der Waals surface area (Å²) in [6.45, 7) is 0.483. The fraction of sp³-hybridized carbons (Fsp3) is 0.205. The summed E-state index contributed by atoms with van der Waals surface area (Å²) in [4.78, 5) is 26.3. The van der Waals surface area contributed by atoms with Gasteiger partial charge in [-0.3, -0.25) is 9.36 Å². The molecular formula is C39H34N5O6. The van der Waals surface area contributed by atoms with Gasteiger partial charge >= 0.3 is 0 Å². The molecule has 11 nitrogen and oxygen atoms in total. The smallest absolute Gasteiger partial charge is 0.256 e.